The fraction of sp³-hybridized carbons (Fsp3) is 0.385. The van der Waals surface area contributed by atoms with E-state index in [0.29, 0.717) is 17.8 Å². The molecule has 0 aliphatic carbocycles. The molecular formula is C13H16N4O3. The van der Waals surface area contributed by atoms with Crippen molar-refractivity contribution < 1.29 is 14.4 Å². The van der Waals surface area contributed by atoms with Crippen molar-refractivity contribution in [2.24, 2.45) is 0 Å². The summed E-state index contributed by atoms with van der Waals surface area (Å²) < 4.78 is 0. The Morgan fingerprint density at radius 2 is 2.00 bits per heavy atom. The third-order valence-corrected chi connectivity index (χ3v) is 2.98. The number of aryl methyl sites for hydroxylation is 1. The number of nitrogens with zero attached hydrogens (tertiary/aromatic N) is 2. The maximum absolute atomic E-state index is 12.4. The summed E-state index contributed by atoms with van der Waals surface area (Å²) in [5.41, 5.74) is 1.19. The van der Waals surface area contributed by atoms with Gasteiger partial charge in [0.1, 0.15) is 18.9 Å². The average molecular weight is 276 g/mol. The Hall–Kier alpha value is -2.44. The van der Waals surface area contributed by atoms with Crippen molar-refractivity contribution in [2.75, 3.05) is 25.5 Å². The van der Waals surface area contributed by atoms with Crippen molar-refractivity contribution in [3.8, 4) is 0 Å². The first-order valence-electron chi connectivity index (χ1n) is 6.34. The van der Waals surface area contributed by atoms with Crippen molar-refractivity contribution in [1.82, 2.24) is 15.2 Å². The number of hydrogen-bond acceptors (Lipinski definition) is 5. The van der Waals surface area contributed by atoms with Gasteiger partial charge in [-0.2, -0.15) is 0 Å². The molecule has 106 valence electrons. The molecule has 7 nitrogen and oxygen atoms in total. The predicted molar refractivity (Wildman–Crippen MR) is 72.2 cm³/mol. The van der Waals surface area contributed by atoms with Crippen LogP contribution in [0.15, 0.2) is 12.1 Å². The molecule has 0 atom stereocenters. The SMILES string of the molecule is CCc1cc(C(=O)N2CC(=O)NC(=O)C2)cc(NC)n1. The second-order valence-corrected chi connectivity index (χ2v) is 4.47. The Morgan fingerprint density at radius 1 is 1.35 bits per heavy atom. The van der Waals surface area contributed by atoms with Crippen LogP contribution in [0, 0.1) is 0 Å². The van der Waals surface area contributed by atoms with E-state index in [0.717, 1.165) is 5.69 Å². The molecule has 3 amide bonds. The zero-order valence-corrected chi connectivity index (χ0v) is 11.4. The lowest BCUT2D eigenvalue weighted by molar-refractivity contribution is -0.135. The van der Waals surface area contributed by atoms with E-state index in [4.69, 9.17) is 0 Å². The number of carbonyl (C=O) groups is 3. The Labute approximate surface area is 116 Å². The van der Waals surface area contributed by atoms with Gasteiger partial charge in [0.25, 0.3) is 5.91 Å². The largest absolute Gasteiger partial charge is 0.373 e. The lowest BCUT2D eigenvalue weighted by Crippen LogP contribution is -2.53. The van der Waals surface area contributed by atoms with E-state index < -0.39 is 11.8 Å². The summed E-state index contributed by atoms with van der Waals surface area (Å²) in [5, 5.41) is 5.05. The molecular weight excluding hydrogens is 260 g/mol. The number of aromatic nitrogens is 1. The van der Waals surface area contributed by atoms with Gasteiger partial charge in [0.2, 0.25) is 11.8 Å². The Kier molecular flexibility index (Phi) is 3.97. The van der Waals surface area contributed by atoms with Crippen LogP contribution in [0.3, 0.4) is 0 Å². The zero-order valence-electron chi connectivity index (χ0n) is 11.4. The maximum atomic E-state index is 12.4. The van der Waals surface area contributed by atoms with Gasteiger partial charge in [-0.15, -0.1) is 0 Å². The highest BCUT2D eigenvalue weighted by atomic mass is 16.2. The molecule has 1 fully saturated rings. The van der Waals surface area contributed by atoms with Crippen LogP contribution < -0.4 is 10.6 Å². The van der Waals surface area contributed by atoms with Gasteiger partial charge in [0.05, 0.1) is 0 Å². The minimum Gasteiger partial charge on any atom is -0.373 e. The summed E-state index contributed by atoms with van der Waals surface area (Å²) in [6.07, 6.45) is 0.690. The molecule has 2 N–H and O–H groups in total. The lowest BCUT2D eigenvalue weighted by Gasteiger charge is -2.25. The van der Waals surface area contributed by atoms with Crippen LogP contribution in [-0.2, 0) is 16.0 Å². The molecule has 0 bridgehead atoms. The van der Waals surface area contributed by atoms with Crippen molar-refractivity contribution in [3.05, 3.63) is 23.4 Å². The van der Waals surface area contributed by atoms with Crippen LogP contribution in [0.25, 0.3) is 0 Å². The smallest absolute Gasteiger partial charge is 0.254 e. The van der Waals surface area contributed by atoms with Gasteiger partial charge >= 0.3 is 0 Å². The minimum atomic E-state index is -0.465. The molecule has 2 heterocycles. The minimum absolute atomic E-state index is 0.108. The first-order valence-corrected chi connectivity index (χ1v) is 6.34. The van der Waals surface area contributed by atoms with Crippen LogP contribution in [0.1, 0.15) is 23.0 Å². The number of nitrogens with one attached hydrogen (secondary N) is 2. The van der Waals surface area contributed by atoms with Gasteiger partial charge in [-0.05, 0) is 18.6 Å². The summed E-state index contributed by atoms with van der Waals surface area (Å²) in [6, 6.07) is 3.29. The fourth-order valence-corrected chi connectivity index (χ4v) is 1.98. The topological polar surface area (TPSA) is 91.4 Å². The normalized spacial score (nSPS) is 15.0. The summed E-state index contributed by atoms with van der Waals surface area (Å²) in [4.78, 5) is 40.5. The number of rotatable bonds is 3. The van der Waals surface area contributed by atoms with Gasteiger partial charge in [0.15, 0.2) is 0 Å². The first kappa shape index (κ1) is 14.0. The van der Waals surface area contributed by atoms with E-state index in [1.165, 1.54) is 4.90 Å². The molecule has 0 spiro atoms. The van der Waals surface area contributed by atoms with Gasteiger partial charge < -0.3 is 10.2 Å². The number of amides is 3. The highest BCUT2D eigenvalue weighted by Gasteiger charge is 2.27. The van der Waals surface area contributed by atoms with Gasteiger partial charge in [-0.25, -0.2) is 4.98 Å². The van der Waals surface area contributed by atoms with E-state index in [9.17, 15) is 14.4 Å². The molecule has 7 heteroatoms. The molecule has 1 saturated heterocycles. The number of carbonyl (C=O) groups excluding carboxylic acids is 3. The molecule has 20 heavy (non-hydrogen) atoms. The standard InChI is InChI=1S/C13H16N4O3/c1-3-9-4-8(5-10(14-2)15-9)13(20)17-6-11(18)16-12(19)7-17/h4-5H,3,6-7H2,1-2H3,(H,14,15)(H,16,18,19). The van der Waals surface area contributed by atoms with E-state index in [1.807, 2.05) is 6.92 Å². The molecule has 1 aromatic heterocycles. The number of imide groups is 1. The van der Waals surface area contributed by atoms with Crippen molar-refractivity contribution >= 4 is 23.5 Å². The van der Waals surface area contributed by atoms with Crippen molar-refractivity contribution in [1.29, 1.82) is 0 Å². The van der Waals surface area contributed by atoms with Gasteiger partial charge in [-0.3, -0.25) is 19.7 Å². The van der Waals surface area contributed by atoms with E-state index in [2.05, 4.69) is 15.6 Å². The highest BCUT2D eigenvalue weighted by Crippen LogP contribution is 2.14. The molecule has 0 saturated carbocycles. The number of anilines is 1. The van der Waals surface area contributed by atoms with Gasteiger partial charge in [-0.1, -0.05) is 6.92 Å². The summed E-state index contributed by atoms with van der Waals surface area (Å²) in [5.74, 6) is -0.691. The van der Waals surface area contributed by atoms with Crippen LogP contribution in [0.2, 0.25) is 0 Å². The van der Waals surface area contributed by atoms with Crippen LogP contribution in [0.5, 0.6) is 0 Å². The highest BCUT2D eigenvalue weighted by molar-refractivity contribution is 6.05. The number of piperazine rings is 1. The quantitative estimate of drug-likeness (QED) is 0.745. The summed E-state index contributed by atoms with van der Waals surface area (Å²) in [7, 11) is 1.72. The van der Waals surface area contributed by atoms with Gasteiger partial charge in [0, 0.05) is 18.3 Å². The van der Waals surface area contributed by atoms with Crippen LogP contribution in [0.4, 0.5) is 5.82 Å². The van der Waals surface area contributed by atoms with E-state index in [1.54, 1.807) is 19.2 Å². The zero-order chi connectivity index (χ0) is 14.7. The fourth-order valence-electron chi connectivity index (χ4n) is 1.98. The second kappa shape index (κ2) is 5.68. The molecule has 2 rings (SSSR count). The number of hydrogen-bond donors (Lipinski definition) is 2. The van der Waals surface area contributed by atoms with E-state index >= 15 is 0 Å². The van der Waals surface area contributed by atoms with E-state index in [-0.39, 0.29) is 19.0 Å². The molecule has 1 aliphatic rings. The summed E-state index contributed by atoms with van der Waals surface area (Å²) in [6.45, 7) is 1.72. The third kappa shape index (κ3) is 2.93. The third-order valence-electron chi connectivity index (χ3n) is 2.98. The Morgan fingerprint density at radius 3 is 2.55 bits per heavy atom. The molecule has 0 radical (unpaired) electrons. The van der Waals surface area contributed by atoms with Crippen molar-refractivity contribution in [2.45, 2.75) is 13.3 Å². The van der Waals surface area contributed by atoms with Crippen LogP contribution in [-0.4, -0.2) is 47.7 Å². The molecule has 0 unspecified atom stereocenters. The predicted octanol–water partition coefficient (Wildman–Crippen LogP) is -0.216. The number of pyridine rings is 1. The average Bonchev–Trinajstić information content (AvgIpc) is 2.44. The molecule has 1 aliphatic heterocycles. The Balaban J connectivity index is 2.28. The molecule has 1 aromatic rings. The Bertz CT molecular complexity index is 532. The summed E-state index contributed by atoms with van der Waals surface area (Å²) >= 11 is 0. The molecule has 0 aromatic carbocycles. The monoisotopic (exact) mass is 276 g/mol. The maximum Gasteiger partial charge on any atom is 0.254 e. The van der Waals surface area contributed by atoms with Crippen LogP contribution >= 0.6 is 0 Å². The second-order valence-electron chi connectivity index (χ2n) is 4.47. The first-order chi connectivity index (χ1) is 9.53. The lowest BCUT2D eigenvalue weighted by atomic mass is 10.1. The van der Waals surface area contributed by atoms with Crippen molar-refractivity contribution in [3.63, 3.8) is 0 Å².